The SMILES string of the molecule is NC(=O)CCC1CN(c2ccc(-c3ccnc(CS)c3)c(F)c2)C(=O)O1. The Labute approximate surface area is 155 Å². The van der Waals surface area contributed by atoms with Crippen molar-refractivity contribution < 1.29 is 18.7 Å². The minimum absolute atomic E-state index is 0.134. The molecular weight excluding hydrogens is 357 g/mol. The van der Waals surface area contributed by atoms with Gasteiger partial charge in [-0.15, -0.1) is 0 Å². The second-order valence-corrected chi connectivity index (χ2v) is 6.30. The van der Waals surface area contributed by atoms with Crippen molar-refractivity contribution in [1.82, 2.24) is 4.98 Å². The number of amides is 2. The molecule has 2 amide bonds. The number of pyridine rings is 1. The second-order valence-electron chi connectivity index (χ2n) is 5.98. The van der Waals surface area contributed by atoms with Crippen molar-refractivity contribution in [3.63, 3.8) is 0 Å². The van der Waals surface area contributed by atoms with E-state index in [0.717, 1.165) is 5.69 Å². The van der Waals surface area contributed by atoms with Gasteiger partial charge in [-0.1, -0.05) is 0 Å². The molecule has 8 heteroatoms. The molecule has 2 aromatic rings. The van der Waals surface area contributed by atoms with Crippen molar-refractivity contribution in [3.8, 4) is 11.1 Å². The topological polar surface area (TPSA) is 85.5 Å². The Hall–Kier alpha value is -2.61. The van der Waals surface area contributed by atoms with E-state index in [4.69, 9.17) is 10.5 Å². The second kappa shape index (κ2) is 7.74. The Morgan fingerprint density at radius 2 is 2.19 bits per heavy atom. The summed E-state index contributed by atoms with van der Waals surface area (Å²) in [5, 5.41) is 0. The van der Waals surface area contributed by atoms with Gasteiger partial charge < -0.3 is 10.5 Å². The van der Waals surface area contributed by atoms with Crippen LogP contribution in [0.2, 0.25) is 0 Å². The molecule has 1 aromatic carbocycles. The quantitative estimate of drug-likeness (QED) is 0.760. The summed E-state index contributed by atoms with van der Waals surface area (Å²) in [4.78, 5) is 28.4. The number of hydrogen-bond donors (Lipinski definition) is 2. The number of anilines is 1. The van der Waals surface area contributed by atoms with Gasteiger partial charge >= 0.3 is 6.09 Å². The number of carbonyl (C=O) groups is 2. The van der Waals surface area contributed by atoms with Crippen molar-refractivity contribution in [3.05, 3.63) is 48.0 Å². The van der Waals surface area contributed by atoms with Crippen LogP contribution < -0.4 is 10.6 Å². The number of nitrogens with zero attached hydrogens (tertiary/aromatic N) is 2. The number of aromatic nitrogens is 1. The summed E-state index contributed by atoms with van der Waals surface area (Å²) in [6, 6.07) is 8.07. The molecular formula is C18H18FN3O3S. The summed E-state index contributed by atoms with van der Waals surface area (Å²) >= 11 is 4.18. The number of carbonyl (C=O) groups excluding carboxylic acids is 2. The first-order chi connectivity index (χ1) is 12.5. The van der Waals surface area contributed by atoms with Gasteiger partial charge in [0.15, 0.2) is 0 Å². The number of nitrogens with two attached hydrogens (primary N) is 1. The lowest BCUT2D eigenvalue weighted by Gasteiger charge is -2.14. The molecule has 1 aliphatic rings. The molecule has 26 heavy (non-hydrogen) atoms. The molecule has 0 radical (unpaired) electrons. The van der Waals surface area contributed by atoms with Gasteiger partial charge in [0, 0.05) is 23.9 Å². The number of rotatable bonds is 6. The van der Waals surface area contributed by atoms with E-state index in [-0.39, 0.29) is 13.0 Å². The lowest BCUT2D eigenvalue weighted by molar-refractivity contribution is -0.118. The van der Waals surface area contributed by atoms with Gasteiger partial charge in [0.1, 0.15) is 11.9 Å². The Kier molecular flexibility index (Phi) is 5.41. The van der Waals surface area contributed by atoms with Crippen LogP contribution in [-0.2, 0) is 15.3 Å². The van der Waals surface area contributed by atoms with E-state index in [2.05, 4.69) is 17.6 Å². The van der Waals surface area contributed by atoms with Crippen LogP contribution in [0, 0.1) is 5.82 Å². The molecule has 2 heterocycles. The normalized spacial score (nSPS) is 16.6. The van der Waals surface area contributed by atoms with E-state index >= 15 is 0 Å². The smallest absolute Gasteiger partial charge is 0.414 e. The number of cyclic esters (lactones) is 1. The summed E-state index contributed by atoms with van der Waals surface area (Å²) in [7, 11) is 0. The first-order valence-electron chi connectivity index (χ1n) is 8.10. The van der Waals surface area contributed by atoms with E-state index < -0.39 is 23.9 Å². The molecule has 0 saturated carbocycles. The van der Waals surface area contributed by atoms with Crippen molar-refractivity contribution >= 4 is 30.3 Å². The van der Waals surface area contributed by atoms with Crippen LogP contribution in [0.4, 0.5) is 14.9 Å². The third kappa shape index (κ3) is 3.96. The summed E-state index contributed by atoms with van der Waals surface area (Å²) in [6.45, 7) is 0.254. The molecule has 1 aromatic heterocycles. The van der Waals surface area contributed by atoms with E-state index in [1.54, 1.807) is 30.5 Å². The zero-order valence-electron chi connectivity index (χ0n) is 13.9. The number of thiol groups is 1. The van der Waals surface area contributed by atoms with Gasteiger partial charge in [-0.2, -0.15) is 12.6 Å². The van der Waals surface area contributed by atoms with E-state index in [9.17, 15) is 14.0 Å². The highest BCUT2D eigenvalue weighted by atomic mass is 32.1. The minimum Gasteiger partial charge on any atom is -0.444 e. The zero-order chi connectivity index (χ0) is 18.7. The molecule has 1 unspecified atom stereocenters. The molecule has 0 aliphatic carbocycles. The van der Waals surface area contributed by atoms with Gasteiger partial charge in [0.25, 0.3) is 0 Å². The molecule has 3 rings (SSSR count). The minimum atomic E-state index is -0.562. The highest BCUT2D eigenvalue weighted by Crippen LogP contribution is 2.30. The van der Waals surface area contributed by atoms with Crippen LogP contribution >= 0.6 is 12.6 Å². The van der Waals surface area contributed by atoms with E-state index in [1.807, 2.05) is 0 Å². The van der Waals surface area contributed by atoms with Crippen molar-refractivity contribution in [1.29, 1.82) is 0 Å². The molecule has 0 spiro atoms. The molecule has 1 aliphatic heterocycles. The maximum atomic E-state index is 14.6. The summed E-state index contributed by atoms with van der Waals surface area (Å²) in [6.07, 6.45) is 1.09. The molecule has 1 fully saturated rings. The zero-order valence-corrected chi connectivity index (χ0v) is 14.8. The molecule has 2 N–H and O–H groups in total. The maximum Gasteiger partial charge on any atom is 0.414 e. The first-order valence-corrected chi connectivity index (χ1v) is 8.73. The molecule has 1 atom stereocenters. The Bertz CT molecular complexity index is 846. The van der Waals surface area contributed by atoms with Crippen molar-refractivity contribution in [2.45, 2.75) is 24.7 Å². The number of halogens is 1. The van der Waals surface area contributed by atoms with Crippen molar-refractivity contribution in [2.75, 3.05) is 11.4 Å². The van der Waals surface area contributed by atoms with Gasteiger partial charge in [0.2, 0.25) is 5.91 Å². The molecule has 6 nitrogen and oxygen atoms in total. The van der Waals surface area contributed by atoms with E-state index in [0.29, 0.717) is 29.0 Å². The predicted molar refractivity (Wildman–Crippen MR) is 98.4 cm³/mol. The van der Waals surface area contributed by atoms with Crippen LogP contribution in [0.15, 0.2) is 36.5 Å². The van der Waals surface area contributed by atoms with Crippen LogP contribution in [0.1, 0.15) is 18.5 Å². The Morgan fingerprint density at radius 1 is 1.38 bits per heavy atom. The highest BCUT2D eigenvalue weighted by Gasteiger charge is 2.32. The van der Waals surface area contributed by atoms with Crippen LogP contribution in [0.5, 0.6) is 0 Å². The predicted octanol–water partition coefficient (Wildman–Crippen LogP) is 2.91. The monoisotopic (exact) mass is 375 g/mol. The average Bonchev–Trinajstić information content (AvgIpc) is 3.00. The third-order valence-corrected chi connectivity index (χ3v) is 4.46. The summed E-state index contributed by atoms with van der Waals surface area (Å²) in [5.41, 5.74) is 7.37. The molecule has 1 saturated heterocycles. The third-order valence-electron chi connectivity index (χ3n) is 4.14. The fraction of sp³-hybridized carbons (Fsp3) is 0.278. The fourth-order valence-corrected chi connectivity index (χ4v) is 3.00. The fourth-order valence-electron chi connectivity index (χ4n) is 2.82. The van der Waals surface area contributed by atoms with Crippen LogP contribution in [-0.4, -0.2) is 29.6 Å². The number of hydrogen-bond acceptors (Lipinski definition) is 5. The summed E-state index contributed by atoms with van der Waals surface area (Å²) < 4.78 is 19.8. The Morgan fingerprint density at radius 3 is 2.88 bits per heavy atom. The number of benzene rings is 1. The number of primary amides is 1. The highest BCUT2D eigenvalue weighted by molar-refractivity contribution is 7.79. The van der Waals surface area contributed by atoms with Crippen LogP contribution in [0.25, 0.3) is 11.1 Å². The first kappa shape index (κ1) is 18.2. The Balaban J connectivity index is 1.79. The standard InChI is InChI=1S/C18H18FN3O3S/c19-16-8-13(22-9-14(25-18(22)24)2-4-17(20)23)1-3-15(16)11-5-6-21-12(7-11)10-26/h1,3,5-8,14,26H,2,4,9-10H2,(H2,20,23). The summed E-state index contributed by atoms with van der Waals surface area (Å²) in [5.74, 6) is -0.445. The maximum absolute atomic E-state index is 14.6. The van der Waals surface area contributed by atoms with Gasteiger partial charge in [0.05, 0.1) is 17.9 Å². The van der Waals surface area contributed by atoms with Gasteiger partial charge in [-0.3, -0.25) is 14.7 Å². The average molecular weight is 375 g/mol. The van der Waals surface area contributed by atoms with Crippen LogP contribution in [0.3, 0.4) is 0 Å². The van der Waals surface area contributed by atoms with Gasteiger partial charge in [-0.25, -0.2) is 9.18 Å². The molecule has 136 valence electrons. The van der Waals surface area contributed by atoms with Gasteiger partial charge in [-0.05, 0) is 42.3 Å². The van der Waals surface area contributed by atoms with Crippen molar-refractivity contribution in [2.24, 2.45) is 5.73 Å². The number of ether oxygens (including phenoxy) is 1. The largest absolute Gasteiger partial charge is 0.444 e. The lowest BCUT2D eigenvalue weighted by Crippen LogP contribution is -2.25. The molecule has 0 bridgehead atoms. The lowest BCUT2D eigenvalue weighted by atomic mass is 10.0. The van der Waals surface area contributed by atoms with E-state index in [1.165, 1.54) is 11.0 Å².